The van der Waals surface area contributed by atoms with Crippen LogP contribution in [0, 0.1) is 18.7 Å². The molecule has 3 aromatic rings. The number of pyridine rings is 1. The lowest BCUT2D eigenvalue weighted by Gasteiger charge is -2.39. The molecule has 0 saturated carbocycles. The number of anilines is 1. The first-order valence-corrected chi connectivity index (χ1v) is 10.7. The summed E-state index contributed by atoms with van der Waals surface area (Å²) in [5.41, 5.74) is 1.37. The van der Waals surface area contributed by atoms with Gasteiger partial charge in [-0.2, -0.15) is 4.98 Å². The molecular weight excluding hydrogens is 421 g/mol. The predicted molar refractivity (Wildman–Crippen MR) is 114 cm³/mol. The van der Waals surface area contributed by atoms with Crippen LogP contribution >= 0.6 is 11.3 Å². The Labute approximate surface area is 182 Å². The van der Waals surface area contributed by atoms with Crippen molar-refractivity contribution in [2.45, 2.75) is 26.8 Å². The van der Waals surface area contributed by atoms with Gasteiger partial charge in [-0.15, -0.1) is 11.3 Å². The first-order chi connectivity index (χ1) is 14.8. The van der Waals surface area contributed by atoms with Gasteiger partial charge in [0.25, 0.3) is 5.91 Å². The molecule has 1 aliphatic rings. The van der Waals surface area contributed by atoms with Crippen molar-refractivity contribution >= 4 is 39.4 Å². The predicted octanol–water partition coefficient (Wildman–Crippen LogP) is 2.31. The Morgan fingerprint density at radius 1 is 1.29 bits per heavy atom. The molecule has 0 radical (unpaired) electrons. The maximum atomic E-state index is 13.5. The van der Waals surface area contributed by atoms with Crippen LogP contribution < -0.4 is 10.6 Å². The molecule has 31 heavy (non-hydrogen) atoms. The van der Waals surface area contributed by atoms with Crippen LogP contribution in [-0.4, -0.2) is 56.3 Å². The zero-order chi connectivity index (χ0) is 22.1. The van der Waals surface area contributed by atoms with Crippen molar-refractivity contribution < 1.29 is 14.0 Å². The van der Waals surface area contributed by atoms with Gasteiger partial charge in [-0.1, -0.05) is 0 Å². The molecule has 1 atom stereocenters. The highest BCUT2D eigenvalue weighted by atomic mass is 32.1. The number of nitrogens with zero attached hydrogens (tertiary/aromatic N) is 5. The molecule has 3 aromatic heterocycles. The number of carbonyl (C=O) groups is 2. The third-order valence-electron chi connectivity index (χ3n) is 5.02. The number of likely N-dealkylation sites (tertiary alicyclic amines) is 1. The summed E-state index contributed by atoms with van der Waals surface area (Å²) in [5, 5.41) is 6.68. The quantitative estimate of drug-likeness (QED) is 0.601. The molecule has 0 bridgehead atoms. The fraction of sp³-hybridized carbons (Fsp3) is 0.400. The number of aromatic nitrogens is 4. The van der Waals surface area contributed by atoms with Gasteiger partial charge in [0.1, 0.15) is 10.5 Å². The van der Waals surface area contributed by atoms with E-state index in [1.54, 1.807) is 11.1 Å². The summed E-state index contributed by atoms with van der Waals surface area (Å²) in [6.45, 7) is 6.80. The van der Waals surface area contributed by atoms with Crippen LogP contribution in [0.4, 0.5) is 10.3 Å². The maximum absolute atomic E-state index is 13.5. The van der Waals surface area contributed by atoms with Gasteiger partial charge in [0.05, 0.1) is 17.2 Å². The van der Waals surface area contributed by atoms with Crippen LogP contribution in [0.3, 0.4) is 0 Å². The van der Waals surface area contributed by atoms with Gasteiger partial charge in [0.15, 0.2) is 11.3 Å². The molecule has 1 saturated heterocycles. The van der Waals surface area contributed by atoms with Crippen molar-refractivity contribution in [2.24, 2.45) is 5.92 Å². The van der Waals surface area contributed by atoms with E-state index in [9.17, 15) is 14.0 Å². The summed E-state index contributed by atoms with van der Waals surface area (Å²) < 4.78 is 14.1. The minimum absolute atomic E-state index is 0.0826. The fourth-order valence-corrected chi connectivity index (χ4v) is 4.22. The third-order valence-corrected chi connectivity index (χ3v) is 5.99. The number of amides is 2. The number of rotatable bonds is 6. The Kier molecular flexibility index (Phi) is 5.77. The molecule has 4 rings (SSSR count). The molecular formula is C20H22FN7O2S. The average Bonchev–Trinajstić information content (AvgIpc) is 3.05. The number of thiazole rings is 1. The van der Waals surface area contributed by atoms with Crippen LogP contribution in [0.5, 0.6) is 0 Å². The van der Waals surface area contributed by atoms with E-state index in [1.165, 1.54) is 24.3 Å². The van der Waals surface area contributed by atoms with Gasteiger partial charge in [-0.05, 0) is 25.5 Å². The summed E-state index contributed by atoms with van der Waals surface area (Å²) in [5.74, 6) is -0.237. The van der Waals surface area contributed by atoms with Crippen molar-refractivity contribution in [2.75, 3.05) is 25.0 Å². The molecule has 1 fully saturated rings. The van der Waals surface area contributed by atoms with Gasteiger partial charge in [0, 0.05) is 38.7 Å². The second-order valence-corrected chi connectivity index (χ2v) is 8.80. The number of fused-ring (bicyclic) bond motifs is 1. The monoisotopic (exact) mass is 443 g/mol. The van der Waals surface area contributed by atoms with E-state index in [4.69, 9.17) is 0 Å². The molecule has 0 spiro atoms. The largest absolute Gasteiger partial charge is 0.356 e. The Morgan fingerprint density at radius 3 is 2.77 bits per heavy atom. The molecule has 2 amide bonds. The SMILES string of the molecule is CC(=O)NCC1CN(C(=O)c2nc(N[C@@H](C)c3cncc(F)c3)nc3nc(C)sc23)C1. The lowest BCUT2D eigenvalue weighted by atomic mass is 9.99. The molecule has 9 nitrogen and oxygen atoms in total. The molecule has 2 N–H and O–H groups in total. The highest BCUT2D eigenvalue weighted by molar-refractivity contribution is 7.18. The van der Waals surface area contributed by atoms with Gasteiger partial charge in [-0.25, -0.2) is 14.4 Å². The lowest BCUT2D eigenvalue weighted by molar-refractivity contribution is -0.119. The minimum atomic E-state index is -0.430. The van der Waals surface area contributed by atoms with E-state index >= 15 is 0 Å². The molecule has 11 heteroatoms. The zero-order valence-corrected chi connectivity index (χ0v) is 18.2. The van der Waals surface area contributed by atoms with E-state index in [-0.39, 0.29) is 29.7 Å². The van der Waals surface area contributed by atoms with Crippen molar-refractivity contribution in [3.8, 4) is 0 Å². The van der Waals surface area contributed by atoms with Crippen molar-refractivity contribution in [3.63, 3.8) is 0 Å². The van der Waals surface area contributed by atoms with E-state index in [2.05, 4.69) is 30.6 Å². The number of hydrogen-bond acceptors (Lipinski definition) is 8. The summed E-state index contributed by atoms with van der Waals surface area (Å²) in [6.07, 6.45) is 2.70. The average molecular weight is 444 g/mol. The maximum Gasteiger partial charge on any atom is 0.274 e. The van der Waals surface area contributed by atoms with Crippen LogP contribution in [0.1, 0.15) is 40.9 Å². The Bertz CT molecular complexity index is 1150. The number of aryl methyl sites for hydroxylation is 1. The summed E-state index contributed by atoms with van der Waals surface area (Å²) in [4.78, 5) is 43.1. The second kappa shape index (κ2) is 8.50. The smallest absolute Gasteiger partial charge is 0.274 e. The lowest BCUT2D eigenvalue weighted by Crippen LogP contribution is -2.53. The van der Waals surface area contributed by atoms with E-state index < -0.39 is 5.82 Å². The topological polar surface area (TPSA) is 113 Å². The summed E-state index contributed by atoms with van der Waals surface area (Å²) in [6, 6.07) is 1.06. The van der Waals surface area contributed by atoms with Crippen molar-refractivity contribution in [1.82, 2.24) is 30.2 Å². The molecule has 162 valence electrons. The van der Waals surface area contributed by atoms with Gasteiger partial charge < -0.3 is 15.5 Å². The first kappa shape index (κ1) is 21.0. The minimum Gasteiger partial charge on any atom is -0.356 e. The number of nitrogens with one attached hydrogen (secondary N) is 2. The highest BCUT2D eigenvalue weighted by Gasteiger charge is 2.33. The van der Waals surface area contributed by atoms with Crippen LogP contribution in [0.2, 0.25) is 0 Å². The molecule has 0 aromatic carbocycles. The molecule has 4 heterocycles. The normalized spacial score (nSPS) is 14.9. The first-order valence-electron chi connectivity index (χ1n) is 9.86. The van der Waals surface area contributed by atoms with Crippen LogP contribution in [0.15, 0.2) is 18.5 Å². The van der Waals surface area contributed by atoms with Crippen molar-refractivity contribution in [1.29, 1.82) is 0 Å². The zero-order valence-electron chi connectivity index (χ0n) is 17.3. The summed E-state index contributed by atoms with van der Waals surface area (Å²) in [7, 11) is 0. The molecule has 0 unspecified atom stereocenters. The number of hydrogen-bond donors (Lipinski definition) is 2. The van der Waals surface area contributed by atoms with Crippen LogP contribution in [-0.2, 0) is 4.79 Å². The standard InChI is InChI=1S/C20H22FN7O2S/c1-10(14-4-15(21)7-22-6-14)24-20-26-16(17-18(27-20)25-12(3)31-17)19(30)28-8-13(9-28)5-23-11(2)29/h4,6-7,10,13H,5,8-9H2,1-3H3,(H,23,29)(H,24,26,27)/t10-/m0/s1. The summed E-state index contributed by atoms with van der Waals surface area (Å²) >= 11 is 1.37. The van der Waals surface area contributed by atoms with Gasteiger partial charge >= 0.3 is 0 Å². The van der Waals surface area contributed by atoms with Crippen molar-refractivity contribution in [3.05, 3.63) is 40.5 Å². The Morgan fingerprint density at radius 2 is 2.06 bits per heavy atom. The Balaban J connectivity index is 1.55. The molecule has 0 aliphatic carbocycles. The molecule has 1 aliphatic heterocycles. The van der Waals surface area contributed by atoms with E-state index in [0.29, 0.717) is 41.2 Å². The second-order valence-electron chi connectivity index (χ2n) is 7.60. The van der Waals surface area contributed by atoms with Gasteiger partial charge in [0.2, 0.25) is 11.9 Å². The Hall–Kier alpha value is -3.21. The van der Waals surface area contributed by atoms with E-state index in [1.807, 2.05) is 13.8 Å². The third kappa shape index (κ3) is 4.61. The van der Waals surface area contributed by atoms with E-state index in [0.717, 1.165) is 11.2 Å². The van der Waals surface area contributed by atoms with Gasteiger partial charge in [-0.3, -0.25) is 14.6 Å². The van der Waals surface area contributed by atoms with Crippen LogP contribution in [0.25, 0.3) is 10.3 Å². The highest BCUT2D eigenvalue weighted by Crippen LogP contribution is 2.28. The number of halogens is 1. The number of carbonyl (C=O) groups excluding carboxylic acids is 2. The fourth-order valence-electron chi connectivity index (χ4n) is 3.38.